The Morgan fingerprint density at radius 2 is 1.86 bits per heavy atom. The van der Waals surface area contributed by atoms with Crippen molar-refractivity contribution in [2.24, 2.45) is 5.73 Å². The average Bonchev–Trinajstić information content (AvgIpc) is 3.47. The van der Waals surface area contributed by atoms with Gasteiger partial charge >= 0.3 is 0 Å². The monoisotopic (exact) mass is 420 g/mol. The fraction of sp³-hybridized carbons (Fsp3) is 0.478. The first-order chi connectivity index (χ1) is 13.6. The van der Waals surface area contributed by atoms with Gasteiger partial charge in [-0.2, -0.15) is 0 Å². The van der Waals surface area contributed by atoms with Crippen LogP contribution in [0, 0.1) is 5.82 Å². The summed E-state index contributed by atoms with van der Waals surface area (Å²) in [5, 5.41) is 3.75. The summed E-state index contributed by atoms with van der Waals surface area (Å²) in [7, 11) is 1.63. The third kappa shape index (κ3) is 5.41. The average molecular weight is 421 g/mol. The summed E-state index contributed by atoms with van der Waals surface area (Å²) in [6.07, 6.45) is 5.47. The molecule has 2 aliphatic carbocycles. The van der Waals surface area contributed by atoms with E-state index in [9.17, 15) is 4.39 Å². The molecule has 158 valence electrons. The lowest BCUT2D eigenvalue weighted by molar-refractivity contribution is 0.285. The number of rotatable bonds is 7. The number of hydrogen-bond donors (Lipinski definition) is 2. The second-order valence-electron chi connectivity index (χ2n) is 8.03. The summed E-state index contributed by atoms with van der Waals surface area (Å²) in [5.74, 6) is 1.17. The zero-order valence-corrected chi connectivity index (χ0v) is 17.6. The van der Waals surface area contributed by atoms with Crippen LogP contribution in [0.2, 0.25) is 0 Å². The molecule has 0 aromatic heterocycles. The van der Waals surface area contributed by atoms with Crippen LogP contribution < -0.4 is 20.5 Å². The first kappa shape index (κ1) is 21.9. The molecule has 2 aliphatic rings. The van der Waals surface area contributed by atoms with Gasteiger partial charge in [-0.25, -0.2) is 4.39 Å². The molecule has 0 radical (unpaired) electrons. The molecule has 3 N–H and O–H groups in total. The number of para-hydroxylation sites is 1. The molecule has 29 heavy (non-hydrogen) atoms. The molecule has 2 aromatic rings. The Morgan fingerprint density at radius 3 is 2.62 bits per heavy atom. The minimum absolute atomic E-state index is 0. The Labute approximate surface area is 178 Å². The largest absolute Gasteiger partial charge is 0.497 e. The van der Waals surface area contributed by atoms with Gasteiger partial charge < -0.3 is 20.5 Å². The number of hydrogen-bond acceptors (Lipinski definition) is 4. The lowest BCUT2D eigenvalue weighted by atomic mass is 9.92. The maximum atomic E-state index is 14.5. The van der Waals surface area contributed by atoms with Crippen molar-refractivity contribution in [2.75, 3.05) is 7.11 Å². The highest BCUT2D eigenvalue weighted by atomic mass is 35.5. The second-order valence-corrected chi connectivity index (χ2v) is 8.03. The number of halogens is 2. The van der Waals surface area contributed by atoms with E-state index in [1.165, 1.54) is 6.07 Å². The van der Waals surface area contributed by atoms with Crippen molar-refractivity contribution in [1.82, 2.24) is 5.32 Å². The van der Waals surface area contributed by atoms with E-state index in [1.807, 2.05) is 30.3 Å². The van der Waals surface area contributed by atoms with E-state index in [4.69, 9.17) is 15.2 Å². The molecule has 6 heteroatoms. The predicted octanol–water partition coefficient (Wildman–Crippen LogP) is 4.55. The number of ether oxygens (including phenoxy) is 2. The molecular formula is C23H30ClFN2O2. The number of methoxy groups -OCH3 is 1. The summed E-state index contributed by atoms with van der Waals surface area (Å²) in [6, 6.07) is 14.2. The molecule has 0 bridgehead atoms. The van der Waals surface area contributed by atoms with Crippen molar-refractivity contribution in [3.05, 3.63) is 59.4 Å². The van der Waals surface area contributed by atoms with Gasteiger partial charge in [0.15, 0.2) is 11.6 Å². The number of nitrogens with two attached hydrogens (primary N) is 1. The van der Waals surface area contributed by atoms with Gasteiger partial charge in [0.1, 0.15) is 12.4 Å². The molecule has 0 heterocycles. The summed E-state index contributed by atoms with van der Waals surface area (Å²) in [6.45, 7) is 0.316. The molecule has 2 fully saturated rings. The molecule has 4 rings (SSSR count). The van der Waals surface area contributed by atoms with E-state index < -0.39 is 0 Å². The van der Waals surface area contributed by atoms with E-state index in [1.54, 1.807) is 13.2 Å². The molecular weight excluding hydrogens is 391 g/mol. The van der Waals surface area contributed by atoms with Gasteiger partial charge in [-0.3, -0.25) is 0 Å². The lowest BCUT2D eigenvalue weighted by Crippen LogP contribution is -2.38. The fourth-order valence-corrected chi connectivity index (χ4v) is 4.20. The maximum absolute atomic E-state index is 14.5. The summed E-state index contributed by atoms with van der Waals surface area (Å²) < 4.78 is 25.7. The van der Waals surface area contributed by atoms with Gasteiger partial charge in [0.25, 0.3) is 0 Å². The van der Waals surface area contributed by atoms with Crippen LogP contribution >= 0.6 is 12.4 Å². The number of benzene rings is 2. The number of nitrogens with one attached hydrogen (secondary N) is 1. The van der Waals surface area contributed by atoms with E-state index in [0.717, 1.165) is 49.0 Å². The van der Waals surface area contributed by atoms with Gasteiger partial charge in [0.2, 0.25) is 0 Å². The van der Waals surface area contributed by atoms with Gasteiger partial charge in [-0.05, 0) is 55.9 Å². The summed E-state index contributed by atoms with van der Waals surface area (Å²) in [5.41, 5.74) is 7.93. The second kappa shape index (κ2) is 9.79. The minimum atomic E-state index is -0.297. The summed E-state index contributed by atoms with van der Waals surface area (Å²) >= 11 is 0. The van der Waals surface area contributed by atoms with Gasteiger partial charge in [0.05, 0.1) is 7.11 Å². The molecule has 2 saturated carbocycles. The molecule has 0 spiro atoms. The van der Waals surface area contributed by atoms with Crippen molar-refractivity contribution >= 4 is 12.4 Å². The highest BCUT2D eigenvalue weighted by Gasteiger charge is 2.42. The van der Waals surface area contributed by atoms with E-state index in [2.05, 4.69) is 5.32 Å². The lowest BCUT2D eigenvalue weighted by Gasteiger charge is -2.27. The van der Waals surface area contributed by atoms with Gasteiger partial charge in [0, 0.05) is 29.6 Å². The first-order valence-corrected chi connectivity index (χ1v) is 10.2. The smallest absolute Gasteiger partial charge is 0.165 e. The molecule has 0 amide bonds. The van der Waals surface area contributed by atoms with Crippen LogP contribution in [-0.4, -0.2) is 25.2 Å². The Balaban J connectivity index is 0.00000240. The SMILES string of the molecule is COc1cccc(COc2c(F)cccc2[C@@H]2C[C@H]2NC2CCC(N)CC2)c1.Cl. The van der Waals surface area contributed by atoms with Crippen LogP contribution in [0.1, 0.15) is 49.1 Å². The molecule has 0 aliphatic heterocycles. The normalized spacial score (nSPS) is 25.8. The topological polar surface area (TPSA) is 56.5 Å². The zero-order valence-electron chi connectivity index (χ0n) is 16.8. The molecule has 2 atom stereocenters. The van der Waals surface area contributed by atoms with Crippen LogP contribution in [-0.2, 0) is 6.61 Å². The molecule has 0 saturated heterocycles. The standard InChI is InChI=1S/C23H29FN2O2.ClH/c1-27-18-5-2-4-15(12-18)14-28-23-19(6-3-7-21(23)24)20-13-22(20)26-17-10-8-16(25)9-11-17;/h2-7,12,16-17,20,22,26H,8-11,13-14,25H2,1H3;1H/t16?,17?,20-,22+;/m0./s1. The highest BCUT2D eigenvalue weighted by Crippen LogP contribution is 2.46. The molecule has 2 aromatic carbocycles. The summed E-state index contributed by atoms with van der Waals surface area (Å²) in [4.78, 5) is 0. The van der Waals surface area contributed by atoms with Crippen molar-refractivity contribution < 1.29 is 13.9 Å². The van der Waals surface area contributed by atoms with Crippen LogP contribution in [0.5, 0.6) is 11.5 Å². The fourth-order valence-electron chi connectivity index (χ4n) is 4.20. The Hall–Kier alpha value is -1.82. The van der Waals surface area contributed by atoms with Crippen LogP contribution in [0.3, 0.4) is 0 Å². The first-order valence-electron chi connectivity index (χ1n) is 10.2. The Kier molecular flexibility index (Phi) is 7.38. The van der Waals surface area contributed by atoms with E-state index in [0.29, 0.717) is 36.4 Å². The van der Waals surface area contributed by atoms with E-state index in [-0.39, 0.29) is 18.2 Å². The maximum Gasteiger partial charge on any atom is 0.165 e. The third-order valence-corrected chi connectivity index (χ3v) is 5.93. The Morgan fingerprint density at radius 1 is 1.10 bits per heavy atom. The molecule has 4 nitrogen and oxygen atoms in total. The van der Waals surface area contributed by atoms with Crippen molar-refractivity contribution in [3.63, 3.8) is 0 Å². The van der Waals surface area contributed by atoms with Crippen molar-refractivity contribution in [2.45, 2.75) is 62.8 Å². The minimum Gasteiger partial charge on any atom is -0.497 e. The predicted molar refractivity (Wildman–Crippen MR) is 115 cm³/mol. The third-order valence-electron chi connectivity index (χ3n) is 5.93. The van der Waals surface area contributed by atoms with Crippen molar-refractivity contribution in [1.29, 1.82) is 0 Å². The van der Waals surface area contributed by atoms with Gasteiger partial charge in [-0.1, -0.05) is 24.3 Å². The van der Waals surface area contributed by atoms with Gasteiger partial charge in [-0.15, -0.1) is 12.4 Å². The van der Waals surface area contributed by atoms with Crippen LogP contribution in [0.4, 0.5) is 4.39 Å². The van der Waals surface area contributed by atoms with E-state index >= 15 is 0 Å². The Bertz CT molecular complexity index is 811. The van der Waals surface area contributed by atoms with Crippen LogP contribution in [0.25, 0.3) is 0 Å². The highest BCUT2D eigenvalue weighted by molar-refractivity contribution is 5.85. The molecule has 0 unspecified atom stereocenters. The van der Waals surface area contributed by atoms with Crippen molar-refractivity contribution in [3.8, 4) is 11.5 Å². The zero-order chi connectivity index (χ0) is 19.5. The quantitative estimate of drug-likeness (QED) is 0.689. The van der Waals surface area contributed by atoms with Crippen LogP contribution in [0.15, 0.2) is 42.5 Å².